The fraction of sp³-hybridized carbons (Fsp3) is 0.391. The zero-order chi connectivity index (χ0) is 20.7. The van der Waals surface area contributed by atoms with Crippen molar-refractivity contribution in [1.82, 2.24) is 5.32 Å². The van der Waals surface area contributed by atoms with Gasteiger partial charge in [-0.25, -0.2) is 4.79 Å². The number of aryl methyl sites for hydroxylation is 1. The number of carboxylic acid groups (broad SMARTS) is 1. The molecular weight excluding hydrogens is 366 g/mol. The van der Waals surface area contributed by atoms with Gasteiger partial charge < -0.3 is 20.8 Å². The second kappa shape index (κ2) is 9.55. The maximum absolute atomic E-state index is 11.3. The van der Waals surface area contributed by atoms with Crippen molar-refractivity contribution >= 4 is 11.7 Å². The Hall–Kier alpha value is -2.88. The summed E-state index contributed by atoms with van der Waals surface area (Å²) in [5, 5.41) is 35.9. The summed E-state index contributed by atoms with van der Waals surface area (Å²) in [7, 11) is 0. The summed E-state index contributed by atoms with van der Waals surface area (Å²) >= 11 is 0. The summed E-state index contributed by atoms with van der Waals surface area (Å²) in [5.41, 5.74) is 2.10. The quantitative estimate of drug-likeness (QED) is 0.549. The molecule has 0 bridgehead atoms. The highest BCUT2D eigenvalue weighted by Gasteiger charge is 2.37. The molecule has 2 aromatic rings. The van der Waals surface area contributed by atoms with Crippen molar-refractivity contribution in [3.63, 3.8) is 0 Å². The van der Waals surface area contributed by atoms with Gasteiger partial charge in [-0.15, -0.1) is 0 Å². The SMILES string of the molecule is N#Cc1ccc(CCC(CNc2ccc(C(=O)O)cc2)C2(O)CCCNC2)cc1. The van der Waals surface area contributed by atoms with Crippen molar-refractivity contribution in [3.05, 3.63) is 65.2 Å². The number of benzene rings is 2. The van der Waals surface area contributed by atoms with Crippen LogP contribution in [0.1, 0.15) is 40.7 Å². The number of carboxylic acids is 1. The van der Waals surface area contributed by atoms with E-state index in [0.29, 0.717) is 18.7 Å². The molecule has 2 aromatic carbocycles. The van der Waals surface area contributed by atoms with Crippen LogP contribution in [0.2, 0.25) is 0 Å². The fourth-order valence-corrected chi connectivity index (χ4v) is 3.88. The van der Waals surface area contributed by atoms with Gasteiger partial charge in [0.05, 0.1) is 22.8 Å². The first kappa shape index (κ1) is 20.8. The Labute approximate surface area is 171 Å². The van der Waals surface area contributed by atoms with Crippen LogP contribution in [-0.4, -0.2) is 41.4 Å². The van der Waals surface area contributed by atoms with E-state index in [9.17, 15) is 9.90 Å². The van der Waals surface area contributed by atoms with E-state index in [4.69, 9.17) is 10.4 Å². The average molecular weight is 393 g/mol. The predicted octanol–water partition coefficient (Wildman–Crippen LogP) is 3.03. The van der Waals surface area contributed by atoms with Crippen LogP contribution in [0.5, 0.6) is 0 Å². The minimum atomic E-state index is -0.945. The first-order chi connectivity index (χ1) is 14.0. The third-order valence-corrected chi connectivity index (χ3v) is 5.70. The van der Waals surface area contributed by atoms with Crippen molar-refractivity contribution < 1.29 is 15.0 Å². The van der Waals surface area contributed by atoms with Crippen LogP contribution in [0.25, 0.3) is 0 Å². The maximum Gasteiger partial charge on any atom is 0.335 e. The van der Waals surface area contributed by atoms with Crippen LogP contribution in [0.3, 0.4) is 0 Å². The molecule has 29 heavy (non-hydrogen) atoms. The number of anilines is 1. The lowest BCUT2D eigenvalue weighted by molar-refractivity contribution is -0.0359. The fourth-order valence-electron chi connectivity index (χ4n) is 3.88. The Kier molecular flexibility index (Phi) is 6.86. The minimum absolute atomic E-state index is 0.0325. The number of aromatic carboxylic acids is 1. The highest BCUT2D eigenvalue weighted by molar-refractivity contribution is 5.87. The van der Waals surface area contributed by atoms with Gasteiger partial charge >= 0.3 is 5.97 Å². The lowest BCUT2D eigenvalue weighted by Crippen LogP contribution is -2.52. The summed E-state index contributed by atoms with van der Waals surface area (Å²) in [4.78, 5) is 11.0. The monoisotopic (exact) mass is 393 g/mol. The summed E-state index contributed by atoms with van der Waals surface area (Å²) in [6, 6.07) is 16.4. The highest BCUT2D eigenvalue weighted by Crippen LogP contribution is 2.30. The van der Waals surface area contributed by atoms with Crippen LogP contribution in [0.4, 0.5) is 5.69 Å². The van der Waals surface area contributed by atoms with Gasteiger partial charge in [0.25, 0.3) is 0 Å². The number of nitrogens with one attached hydrogen (secondary N) is 2. The largest absolute Gasteiger partial charge is 0.478 e. The lowest BCUT2D eigenvalue weighted by Gasteiger charge is -2.40. The molecule has 6 heteroatoms. The number of rotatable bonds is 8. The summed E-state index contributed by atoms with van der Waals surface area (Å²) in [6.45, 7) is 2.10. The van der Waals surface area contributed by atoms with Crippen LogP contribution in [0.15, 0.2) is 48.5 Å². The number of carbonyl (C=O) groups is 1. The van der Waals surface area contributed by atoms with Crippen LogP contribution >= 0.6 is 0 Å². The van der Waals surface area contributed by atoms with E-state index in [1.54, 1.807) is 24.3 Å². The molecule has 1 aliphatic heterocycles. The molecule has 0 spiro atoms. The van der Waals surface area contributed by atoms with Gasteiger partial charge in [0.15, 0.2) is 0 Å². The maximum atomic E-state index is 11.3. The highest BCUT2D eigenvalue weighted by atomic mass is 16.4. The number of β-amino-alcohol motifs (C(OH)–C–C–N with tert-alkyl or cyclic N) is 1. The first-order valence-corrected chi connectivity index (χ1v) is 9.99. The van der Waals surface area contributed by atoms with E-state index >= 15 is 0 Å². The molecule has 1 saturated heterocycles. The van der Waals surface area contributed by atoms with E-state index in [0.717, 1.165) is 43.5 Å². The summed E-state index contributed by atoms with van der Waals surface area (Å²) in [5.74, 6) is -0.912. The molecule has 0 amide bonds. The van der Waals surface area contributed by atoms with Crippen molar-refractivity contribution in [2.24, 2.45) is 5.92 Å². The third-order valence-electron chi connectivity index (χ3n) is 5.70. The van der Waals surface area contributed by atoms with Crippen LogP contribution in [-0.2, 0) is 6.42 Å². The van der Waals surface area contributed by atoms with Crippen molar-refractivity contribution in [1.29, 1.82) is 5.26 Å². The second-order valence-electron chi connectivity index (χ2n) is 7.69. The van der Waals surface area contributed by atoms with Crippen molar-refractivity contribution in [2.75, 3.05) is 25.0 Å². The van der Waals surface area contributed by atoms with E-state index in [1.807, 2.05) is 24.3 Å². The molecule has 4 N–H and O–H groups in total. The predicted molar refractivity (Wildman–Crippen MR) is 112 cm³/mol. The van der Waals surface area contributed by atoms with Crippen LogP contribution in [0, 0.1) is 17.2 Å². The van der Waals surface area contributed by atoms with E-state index in [2.05, 4.69) is 16.7 Å². The summed E-state index contributed by atoms with van der Waals surface area (Å²) < 4.78 is 0. The number of aliphatic hydroxyl groups is 1. The summed E-state index contributed by atoms with van der Waals surface area (Å²) in [6.07, 6.45) is 3.33. The topological polar surface area (TPSA) is 105 Å². The Morgan fingerprint density at radius 1 is 1.21 bits per heavy atom. The molecule has 3 rings (SSSR count). The molecule has 152 valence electrons. The lowest BCUT2D eigenvalue weighted by atomic mass is 9.78. The Balaban J connectivity index is 1.67. The van der Waals surface area contributed by atoms with Gasteiger partial charge in [0.1, 0.15) is 0 Å². The van der Waals surface area contributed by atoms with Gasteiger partial charge in [-0.2, -0.15) is 5.26 Å². The molecule has 0 radical (unpaired) electrons. The molecule has 1 fully saturated rings. The number of hydrogen-bond acceptors (Lipinski definition) is 5. The third kappa shape index (κ3) is 5.57. The molecule has 0 saturated carbocycles. The van der Waals surface area contributed by atoms with Crippen LogP contribution < -0.4 is 10.6 Å². The number of piperidine rings is 1. The van der Waals surface area contributed by atoms with Gasteiger partial charge in [-0.3, -0.25) is 0 Å². The normalized spacial score (nSPS) is 19.9. The second-order valence-corrected chi connectivity index (χ2v) is 7.69. The molecule has 1 aliphatic rings. The van der Waals surface area contributed by atoms with Gasteiger partial charge in [-0.1, -0.05) is 12.1 Å². The van der Waals surface area contributed by atoms with E-state index < -0.39 is 11.6 Å². The molecule has 2 atom stereocenters. The molecule has 0 aromatic heterocycles. The Bertz CT molecular complexity index is 850. The van der Waals surface area contributed by atoms with E-state index in [1.165, 1.54) is 0 Å². The molecule has 0 aliphatic carbocycles. The first-order valence-electron chi connectivity index (χ1n) is 9.99. The van der Waals surface area contributed by atoms with Crippen molar-refractivity contribution in [3.8, 4) is 6.07 Å². The average Bonchev–Trinajstić information content (AvgIpc) is 2.74. The zero-order valence-electron chi connectivity index (χ0n) is 16.4. The van der Waals surface area contributed by atoms with Crippen molar-refractivity contribution in [2.45, 2.75) is 31.3 Å². The molecular formula is C23H27N3O3. The number of hydrogen-bond donors (Lipinski definition) is 4. The van der Waals surface area contributed by atoms with Gasteiger partial charge in [-0.05, 0) is 74.2 Å². The van der Waals surface area contributed by atoms with Gasteiger partial charge in [0.2, 0.25) is 0 Å². The Morgan fingerprint density at radius 3 is 2.52 bits per heavy atom. The van der Waals surface area contributed by atoms with Gasteiger partial charge in [0, 0.05) is 24.7 Å². The smallest absolute Gasteiger partial charge is 0.335 e. The Morgan fingerprint density at radius 2 is 1.93 bits per heavy atom. The number of nitrogens with zero attached hydrogens (tertiary/aromatic N) is 1. The molecule has 2 unspecified atom stereocenters. The molecule has 1 heterocycles. The zero-order valence-corrected chi connectivity index (χ0v) is 16.4. The minimum Gasteiger partial charge on any atom is -0.478 e. The number of nitriles is 1. The standard InChI is InChI=1S/C23H27N3O3/c24-14-18-4-2-17(3-5-18)6-9-20(23(29)12-1-13-25-16-23)15-26-21-10-7-19(8-11-21)22(27)28/h2-5,7-8,10-11,20,25-26,29H,1,6,9,12-13,15-16H2,(H,27,28). The van der Waals surface area contributed by atoms with E-state index in [-0.39, 0.29) is 11.5 Å². The molecule has 6 nitrogen and oxygen atoms in total.